The van der Waals surface area contributed by atoms with E-state index in [2.05, 4.69) is 22.0 Å². The zero-order valence-corrected chi connectivity index (χ0v) is 19.4. The minimum Gasteiger partial charge on any atom is -0.494 e. The maximum atomic E-state index is 12.0. The molecule has 4 aromatic rings. The number of hydrogen-bond acceptors (Lipinski definition) is 5. The first-order chi connectivity index (χ1) is 16.4. The number of nitrogens with zero attached hydrogens (tertiary/aromatic N) is 2. The Morgan fingerprint density at radius 2 is 1.71 bits per heavy atom. The molecule has 34 heavy (non-hydrogen) atoms. The fourth-order valence-electron chi connectivity index (χ4n) is 4.44. The summed E-state index contributed by atoms with van der Waals surface area (Å²) in [7, 11) is -3.91. The quantitative estimate of drug-likeness (QED) is 0.362. The molecule has 1 aliphatic heterocycles. The van der Waals surface area contributed by atoms with E-state index in [1.165, 1.54) is 30.5 Å². The number of likely N-dealkylation sites (tertiary alicyclic amines) is 1. The monoisotopic (exact) mass is 474 g/mol. The Morgan fingerprint density at radius 1 is 1.00 bits per heavy atom. The maximum absolute atomic E-state index is 12.0. The van der Waals surface area contributed by atoms with Gasteiger partial charge in [-0.05, 0) is 61.8 Å². The topological polar surface area (TPSA) is 112 Å². The van der Waals surface area contributed by atoms with Crippen molar-refractivity contribution in [3.8, 4) is 5.88 Å². The molecule has 0 unspecified atom stereocenters. The number of primary sulfonamides is 1. The molecule has 0 saturated carbocycles. The second kappa shape index (κ2) is 9.06. The number of nitrogens with two attached hydrogens (primary N) is 1. The van der Waals surface area contributed by atoms with Crippen LogP contribution in [0.1, 0.15) is 29.5 Å². The minimum absolute atomic E-state index is 0.0288. The first kappa shape index (κ1) is 22.3. The van der Waals surface area contributed by atoms with Crippen molar-refractivity contribution in [2.24, 2.45) is 10.1 Å². The van der Waals surface area contributed by atoms with Gasteiger partial charge in [0.15, 0.2) is 5.88 Å². The number of rotatable bonds is 6. The van der Waals surface area contributed by atoms with Crippen LogP contribution in [0.3, 0.4) is 0 Å². The van der Waals surface area contributed by atoms with Gasteiger partial charge in [-0.1, -0.05) is 42.5 Å². The van der Waals surface area contributed by atoms with E-state index in [0.717, 1.165) is 30.9 Å². The van der Waals surface area contributed by atoms with Crippen molar-refractivity contribution in [3.63, 3.8) is 0 Å². The van der Waals surface area contributed by atoms with Gasteiger partial charge in [-0.3, -0.25) is 4.90 Å². The lowest BCUT2D eigenvalue weighted by Crippen LogP contribution is -2.18. The van der Waals surface area contributed by atoms with Gasteiger partial charge in [0.1, 0.15) is 0 Å². The van der Waals surface area contributed by atoms with Crippen molar-refractivity contribution in [1.82, 2.24) is 9.88 Å². The molecule has 4 N–H and O–H groups in total. The van der Waals surface area contributed by atoms with Crippen molar-refractivity contribution in [3.05, 3.63) is 89.5 Å². The second-order valence-corrected chi connectivity index (χ2v) is 10.1. The fraction of sp³-hybridized carbons (Fsp3) is 0.192. The molecule has 0 amide bonds. The molecule has 1 aromatic heterocycles. The van der Waals surface area contributed by atoms with E-state index in [-0.39, 0.29) is 10.8 Å². The lowest BCUT2D eigenvalue weighted by molar-refractivity contribution is 0.331. The number of fused-ring (bicyclic) bond motifs is 1. The van der Waals surface area contributed by atoms with Crippen LogP contribution in [0.2, 0.25) is 0 Å². The first-order valence-electron chi connectivity index (χ1n) is 11.2. The van der Waals surface area contributed by atoms with E-state index >= 15 is 0 Å². The van der Waals surface area contributed by atoms with Gasteiger partial charge in [0.05, 0.1) is 21.9 Å². The number of H-pyrrole nitrogens is 1. The Hall–Kier alpha value is -3.46. The van der Waals surface area contributed by atoms with Crippen LogP contribution in [0.25, 0.3) is 10.9 Å². The van der Waals surface area contributed by atoms with Crippen LogP contribution in [0.4, 0.5) is 5.69 Å². The Bertz CT molecular complexity index is 1450. The number of benzene rings is 3. The predicted octanol–water partition coefficient (Wildman–Crippen LogP) is 4.29. The average Bonchev–Trinajstić information content (AvgIpc) is 3.45. The molecule has 0 radical (unpaired) electrons. The molecule has 5 rings (SSSR count). The summed E-state index contributed by atoms with van der Waals surface area (Å²) in [5, 5.41) is 16.7. The molecular formula is C26H26N4O3S. The third-order valence-electron chi connectivity index (χ3n) is 6.14. The summed E-state index contributed by atoms with van der Waals surface area (Å²) in [6.45, 7) is 3.20. The van der Waals surface area contributed by atoms with Crippen LogP contribution in [0.5, 0.6) is 5.88 Å². The van der Waals surface area contributed by atoms with E-state index in [4.69, 9.17) is 10.1 Å². The molecule has 0 spiro atoms. The highest BCUT2D eigenvalue weighted by molar-refractivity contribution is 7.89. The van der Waals surface area contributed by atoms with Crippen LogP contribution < -0.4 is 5.14 Å². The molecular weight excluding hydrogens is 448 g/mol. The number of aromatic amines is 1. The molecule has 1 fully saturated rings. The Labute approximate surface area is 198 Å². The van der Waals surface area contributed by atoms with E-state index in [1.54, 1.807) is 6.07 Å². The Kier molecular flexibility index (Phi) is 5.95. The van der Waals surface area contributed by atoms with E-state index in [9.17, 15) is 13.5 Å². The molecule has 3 aromatic carbocycles. The Morgan fingerprint density at radius 3 is 2.38 bits per heavy atom. The van der Waals surface area contributed by atoms with Gasteiger partial charge in [0, 0.05) is 23.0 Å². The Balaban J connectivity index is 1.61. The summed E-state index contributed by atoms with van der Waals surface area (Å²) in [6.07, 6.45) is 2.51. The van der Waals surface area contributed by atoms with E-state index < -0.39 is 10.0 Å². The highest BCUT2D eigenvalue weighted by Gasteiger charge is 2.21. The molecule has 8 heteroatoms. The predicted molar refractivity (Wildman–Crippen MR) is 134 cm³/mol. The smallest absolute Gasteiger partial charge is 0.238 e. The lowest BCUT2D eigenvalue weighted by atomic mass is 10.0. The number of sulfonamides is 1. The van der Waals surface area contributed by atoms with Crippen molar-refractivity contribution in [2.75, 3.05) is 13.1 Å². The highest BCUT2D eigenvalue weighted by Crippen LogP contribution is 2.33. The van der Waals surface area contributed by atoms with Crippen LogP contribution in [0, 0.1) is 0 Å². The van der Waals surface area contributed by atoms with Gasteiger partial charge in [-0.25, -0.2) is 18.5 Å². The summed E-state index contributed by atoms with van der Waals surface area (Å²) < 4.78 is 23.9. The highest BCUT2D eigenvalue weighted by atomic mass is 32.2. The zero-order valence-electron chi connectivity index (χ0n) is 18.6. The van der Waals surface area contributed by atoms with Crippen LogP contribution in [0.15, 0.2) is 82.7 Å². The van der Waals surface area contributed by atoms with Gasteiger partial charge in [0.2, 0.25) is 10.0 Å². The number of hydrogen-bond donors (Lipinski definition) is 3. The van der Waals surface area contributed by atoms with Crippen molar-refractivity contribution >= 4 is 32.3 Å². The number of aliphatic imine (C=N–C) groups is 1. The van der Waals surface area contributed by atoms with E-state index in [0.29, 0.717) is 22.2 Å². The normalized spacial score (nSPS) is 15.3. The standard InChI is InChI=1S/C26H26N4O3S/c27-34(32,33)21-12-13-23-22(16-21)24(26(31)29-23)25(19-6-2-1-3-7-19)28-20-10-8-18(9-11-20)17-30-14-4-5-15-30/h1-3,6-13,16,29,31H,4-5,14-15,17H2,(H2,27,32,33). The van der Waals surface area contributed by atoms with Crippen LogP contribution in [-0.4, -0.2) is 42.2 Å². The van der Waals surface area contributed by atoms with Gasteiger partial charge in [-0.15, -0.1) is 0 Å². The second-order valence-electron chi connectivity index (χ2n) is 8.58. The maximum Gasteiger partial charge on any atom is 0.238 e. The lowest BCUT2D eigenvalue weighted by Gasteiger charge is -2.14. The molecule has 0 atom stereocenters. The summed E-state index contributed by atoms with van der Waals surface area (Å²) >= 11 is 0. The van der Waals surface area contributed by atoms with Gasteiger partial charge in [0.25, 0.3) is 0 Å². The summed E-state index contributed by atoms with van der Waals surface area (Å²) in [5.41, 5.74) is 4.30. The average molecular weight is 475 g/mol. The zero-order chi connectivity index (χ0) is 23.7. The van der Waals surface area contributed by atoms with Crippen molar-refractivity contribution in [2.45, 2.75) is 24.3 Å². The number of aromatic hydroxyl groups is 1. The van der Waals surface area contributed by atoms with Gasteiger partial charge >= 0.3 is 0 Å². The SMILES string of the molecule is NS(=O)(=O)c1ccc2[nH]c(O)c(C(=Nc3ccc(CN4CCCC4)cc3)c3ccccc3)c2c1. The molecule has 174 valence electrons. The third kappa shape index (κ3) is 4.61. The third-order valence-corrected chi connectivity index (χ3v) is 7.06. The van der Waals surface area contributed by atoms with Crippen molar-refractivity contribution < 1.29 is 13.5 Å². The van der Waals surface area contributed by atoms with Crippen LogP contribution in [-0.2, 0) is 16.6 Å². The summed E-state index contributed by atoms with van der Waals surface area (Å²) in [4.78, 5) is 10.2. The summed E-state index contributed by atoms with van der Waals surface area (Å²) in [6, 6.07) is 22.1. The molecule has 0 aliphatic carbocycles. The number of aromatic nitrogens is 1. The molecule has 0 bridgehead atoms. The molecule has 1 aliphatic rings. The molecule has 7 nitrogen and oxygen atoms in total. The van der Waals surface area contributed by atoms with Crippen LogP contribution >= 0.6 is 0 Å². The van der Waals surface area contributed by atoms with Crippen molar-refractivity contribution in [1.29, 1.82) is 0 Å². The van der Waals surface area contributed by atoms with E-state index in [1.807, 2.05) is 42.5 Å². The molecule has 1 saturated heterocycles. The fourth-order valence-corrected chi connectivity index (χ4v) is 4.98. The number of nitrogens with one attached hydrogen (secondary N) is 1. The molecule has 2 heterocycles. The minimum atomic E-state index is -3.91. The van der Waals surface area contributed by atoms with Gasteiger partial charge in [-0.2, -0.15) is 0 Å². The summed E-state index contributed by atoms with van der Waals surface area (Å²) in [5.74, 6) is -0.0881. The first-order valence-corrected chi connectivity index (χ1v) is 12.8. The largest absolute Gasteiger partial charge is 0.494 e. The van der Waals surface area contributed by atoms with Gasteiger partial charge < -0.3 is 10.1 Å².